The SMILES string of the molecule is CC1(C)CN(C(=S)C23CC4CC25C(CC5(c2ccccc2)C3)/C4=C\Cc2ccccc2)CC[C@@H]1N. The lowest BCUT2D eigenvalue weighted by atomic mass is 9.23. The third kappa shape index (κ3) is 2.67. The van der Waals surface area contributed by atoms with Crippen molar-refractivity contribution in [1.82, 2.24) is 4.90 Å². The maximum atomic E-state index is 6.51. The van der Waals surface area contributed by atoms with Gasteiger partial charge in [-0.15, -0.1) is 0 Å². The van der Waals surface area contributed by atoms with Crippen LogP contribution in [0.15, 0.2) is 72.3 Å². The van der Waals surface area contributed by atoms with E-state index < -0.39 is 0 Å². The maximum Gasteiger partial charge on any atom is 0.0848 e. The first-order valence-corrected chi connectivity index (χ1v) is 14.1. The number of benzene rings is 2. The third-order valence-electron chi connectivity index (χ3n) is 11.2. The zero-order valence-corrected chi connectivity index (χ0v) is 22.0. The van der Waals surface area contributed by atoms with Crippen LogP contribution in [0.5, 0.6) is 0 Å². The second-order valence-electron chi connectivity index (χ2n) is 13.0. The average molecular weight is 483 g/mol. The fourth-order valence-electron chi connectivity index (χ4n) is 9.68. The predicted molar refractivity (Wildman–Crippen MR) is 147 cm³/mol. The summed E-state index contributed by atoms with van der Waals surface area (Å²) in [5, 5.41) is 0. The number of rotatable bonds is 4. The lowest BCUT2D eigenvalue weighted by Gasteiger charge is -2.80. The predicted octanol–water partition coefficient (Wildman–Crippen LogP) is 6.30. The van der Waals surface area contributed by atoms with Crippen molar-refractivity contribution in [2.75, 3.05) is 13.1 Å². The normalized spacial score (nSPS) is 41.3. The van der Waals surface area contributed by atoms with Crippen molar-refractivity contribution in [3.8, 4) is 0 Å². The van der Waals surface area contributed by atoms with Gasteiger partial charge < -0.3 is 10.6 Å². The fourth-order valence-corrected chi connectivity index (χ4v) is 10.2. The molecule has 1 heterocycles. The van der Waals surface area contributed by atoms with Crippen LogP contribution in [0.2, 0.25) is 0 Å². The Morgan fingerprint density at radius 3 is 2.46 bits per heavy atom. The molecule has 4 saturated carbocycles. The van der Waals surface area contributed by atoms with Crippen LogP contribution in [0.1, 0.15) is 57.1 Å². The van der Waals surface area contributed by atoms with Gasteiger partial charge in [0.2, 0.25) is 0 Å². The Hall–Kier alpha value is -1.97. The van der Waals surface area contributed by atoms with Crippen molar-refractivity contribution < 1.29 is 0 Å². The summed E-state index contributed by atoms with van der Waals surface area (Å²) >= 11 is 6.49. The molecule has 5 fully saturated rings. The Labute approximate surface area is 216 Å². The molecule has 7 rings (SSSR count). The highest BCUT2D eigenvalue weighted by Crippen LogP contribution is 2.92. The van der Waals surface area contributed by atoms with Crippen molar-refractivity contribution in [3.63, 3.8) is 0 Å². The molecule has 35 heavy (non-hydrogen) atoms. The summed E-state index contributed by atoms with van der Waals surface area (Å²) < 4.78 is 0. The second kappa shape index (κ2) is 7.29. The first-order chi connectivity index (χ1) is 16.8. The molecule has 2 N–H and O–H groups in total. The van der Waals surface area contributed by atoms with E-state index in [2.05, 4.69) is 85.5 Å². The monoisotopic (exact) mass is 482 g/mol. The first-order valence-electron chi connectivity index (χ1n) is 13.7. The van der Waals surface area contributed by atoms with Gasteiger partial charge in [0.25, 0.3) is 0 Å². The van der Waals surface area contributed by atoms with Crippen LogP contribution >= 0.6 is 12.2 Å². The molecule has 4 aliphatic carbocycles. The molecule has 1 aliphatic heterocycles. The van der Waals surface area contributed by atoms with Gasteiger partial charge in [0, 0.05) is 30.0 Å². The lowest BCUT2D eigenvalue weighted by molar-refractivity contribution is -0.225. The number of hydrogen-bond donors (Lipinski definition) is 1. The summed E-state index contributed by atoms with van der Waals surface area (Å²) in [5.41, 5.74) is 12.2. The molecule has 6 atom stereocenters. The summed E-state index contributed by atoms with van der Waals surface area (Å²) in [6.45, 7) is 6.70. The Balaban J connectivity index is 1.25. The van der Waals surface area contributed by atoms with E-state index in [1.165, 1.54) is 36.2 Å². The van der Waals surface area contributed by atoms with E-state index in [9.17, 15) is 0 Å². The number of allylic oxidation sites excluding steroid dienone is 2. The van der Waals surface area contributed by atoms with E-state index in [-0.39, 0.29) is 16.9 Å². The summed E-state index contributed by atoms with van der Waals surface area (Å²) in [6, 6.07) is 22.7. The molecule has 5 unspecified atom stereocenters. The largest absolute Gasteiger partial charge is 0.365 e. The first kappa shape index (κ1) is 22.2. The molecule has 1 spiro atoms. The van der Waals surface area contributed by atoms with Crippen molar-refractivity contribution in [2.24, 2.45) is 33.8 Å². The van der Waals surface area contributed by atoms with Gasteiger partial charge in [-0.25, -0.2) is 0 Å². The van der Waals surface area contributed by atoms with Gasteiger partial charge in [-0.2, -0.15) is 0 Å². The summed E-state index contributed by atoms with van der Waals surface area (Å²) in [5.74, 6) is 1.41. The van der Waals surface area contributed by atoms with E-state index in [0.717, 1.165) is 25.9 Å². The molecular formula is C32H38N2S. The Kier molecular flexibility index (Phi) is 4.64. The fraction of sp³-hybridized carbons (Fsp3) is 0.531. The minimum Gasteiger partial charge on any atom is -0.365 e. The highest BCUT2D eigenvalue weighted by molar-refractivity contribution is 7.80. The van der Waals surface area contributed by atoms with Crippen LogP contribution in [0.4, 0.5) is 0 Å². The topological polar surface area (TPSA) is 29.3 Å². The molecule has 2 aromatic carbocycles. The highest BCUT2D eigenvalue weighted by Gasteiger charge is 2.89. The second-order valence-corrected chi connectivity index (χ2v) is 13.4. The number of fused-ring (bicyclic) bond motifs is 1. The maximum absolute atomic E-state index is 6.51. The molecule has 0 radical (unpaired) electrons. The number of nitrogens with zero attached hydrogens (tertiary/aromatic N) is 1. The number of thiocarbonyl (C=S) groups is 1. The van der Waals surface area contributed by atoms with E-state index in [1.54, 1.807) is 11.1 Å². The molecule has 2 nitrogen and oxygen atoms in total. The van der Waals surface area contributed by atoms with E-state index in [4.69, 9.17) is 18.0 Å². The average Bonchev–Trinajstić information content (AvgIpc) is 3.34. The van der Waals surface area contributed by atoms with Gasteiger partial charge in [0.1, 0.15) is 0 Å². The van der Waals surface area contributed by atoms with E-state index in [0.29, 0.717) is 22.7 Å². The Bertz CT molecular complexity index is 1200. The molecule has 5 aliphatic rings. The number of nitrogens with two attached hydrogens (primary N) is 1. The zero-order valence-electron chi connectivity index (χ0n) is 21.2. The Morgan fingerprint density at radius 1 is 1.03 bits per heavy atom. The molecule has 182 valence electrons. The van der Waals surface area contributed by atoms with Crippen LogP contribution in [0.3, 0.4) is 0 Å². The van der Waals surface area contributed by atoms with Crippen LogP contribution in [0.25, 0.3) is 0 Å². The highest BCUT2D eigenvalue weighted by atomic mass is 32.1. The summed E-state index contributed by atoms with van der Waals surface area (Å²) in [6.07, 6.45) is 9.90. The lowest BCUT2D eigenvalue weighted by Crippen LogP contribution is -2.79. The third-order valence-corrected chi connectivity index (χ3v) is 11.9. The molecule has 1 saturated heterocycles. The molecule has 3 heteroatoms. The quantitative estimate of drug-likeness (QED) is 0.410. The minimum absolute atomic E-state index is 0.119. The van der Waals surface area contributed by atoms with Crippen molar-refractivity contribution >= 4 is 17.2 Å². The standard InChI is InChI=1S/C32H38N2S/c1-29(2)21-34(16-15-27(29)33)28(35)31-17-23-18-32(31)26(25(23)14-13-22-9-5-3-6-10-22)19-30(32,20-31)24-11-7-4-8-12-24/h3-12,14,23,26-27H,13,15-21,33H2,1-2H3/b25-14-/t23?,26?,27-,30?,31?,32?/m0/s1. The molecule has 0 aromatic heterocycles. The van der Waals surface area contributed by atoms with Gasteiger partial charge in [0.05, 0.1) is 4.99 Å². The number of piperidine rings is 1. The van der Waals surface area contributed by atoms with E-state index in [1.807, 2.05) is 0 Å². The molecule has 0 amide bonds. The number of hydrogen-bond acceptors (Lipinski definition) is 2. The van der Waals surface area contributed by atoms with Crippen LogP contribution < -0.4 is 5.73 Å². The zero-order chi connectivity index (χ0) is 24.1. The molecule has 2 aromatic rings. The van der Waals surface area contributed by atoms with Crippen molar-refractivity contribution in [3.05, 3.63) is 83.4 Å². The van der Waals surface area contributed by atoms with Crippen molar-refractivity contribution in [2.45, 2.75) is 63.8 Å². The van der Waals surface area contributed by atoms with Crippen molar-refractivity contribution in [1.29, 1.82) is 0 Å². The van der Waals surface area contributed by atoms with Gasteiger partial charge >= 0.3 is 0 Å². The molecule has 2 bridgehead atoms. The van der Waals surface area contributed by atoms with Gasteiger partial charge in [-0.3, -0.25) is 0 Å². The van der Waals surface area contributed by atoms with Gasteiger partial charge in [-0.1, -0.05) is 98.4 Å². The number of likely N-dealkylation sites (tertiary alicyclic amines) is 1. The summed E-state index contributed by atoms with van der Waals surface area (Å²) in [4.78, 5) is 3.88. The van der Waals surface area contributed by atoms with E-state index >= 15 is 0 Å². The minimum atomic E-state index is 0.119. The van der Waals surface area contributed by atoms with Gasteiger partial charge in [-0.05, 0) is 72.3 Å². The van der Waals surface area contributed by atoms with Gasteiger partial charge in [0.15, 0.2) is 0 Å². The molecular weight excluding hydrogens is 444 g/mol. The Morgan fingerprint density at radius 2 is 1.74 bits per heavy atom. The summed E-state index contributed by atoms with van der Waals surface area (Å²) in [7, 11) is 0. The van der Waals surface area contributed by atoms with Crippen LogP contribution in [-0.2, 0) is 11.8 Å². The smallest absolute Gasteiger partial charge is 0.0848 e. The van der Waals surface area contributed by atoms with Crippen LogP contribution in [-0.4, -0.2) is 29.0 Å². The van der Waals surface area contributed by atoms with Crippen LogP contribution in [0, 0.1) is 28.1 Å².